The summed E-state index contributed by atoms with van der Waals surface area (Å²) >= 11 is 0. The highest BCUT2D eigenvalue weighted by Crippen LogP contribution is 2.24. The summed E-state index contributed by atoms with van der Waals surface area (Å²) in [5.41, 5.74) is 0. The highest BCUT2D eigenvalue weighted by molar-refractivity contribution is 7.39. The number of amides is 1. The second-order valence-electron chi connectivity index (χ2n) is 3.56. The molecule has 0 rings (SSSR count). The first-order chi connectivity index (χ1) is 8.16. The lowest BCUT2D eigenvalue weighted by atomic mass is 10.2. The first-order valence-electron chi connectivity index (χ1n) is 5.68. The van der Waals surface area contributed by atoms with E-state index in [1.54, 1.807) is 0 Å². The summed E-state index contributed by atoms with van der Waals surface area (Å²) in [6.45, 7) is 0.968. The second kappa shape index (κ2) is 11.9. The number of nitrogens with one attached hydrogen (secondary N) is 1. The molecule has 0 saturated heterocycles. The maximum Gasteiger partial charge on any atom is 0.327 e. The smallest absolute Gasteiger partial charge is 0.327 e. The molecule has 3 N–H and O–H groups in total. The van der Waals surface area contributed by atoms with Crippen LogP contribution in [0.5, 0.6) is 0 Å². The van der Waals surface area contributed by atoms with E-state index >= 15 is 0 Å². The lowest BCUT2D eigenvalue weighted by molar-refractivity contribution is -0.122. The predicted molar refractivity (Wildman–Crippen MR) is 64.1 cm³/mol. The summed E-state index contributed by atoms with van der Waals surface area (Å²) in [5.74, 6) is -0.0911. The Morgan fingerprint density at radius 1 is 1.24 bits per heavy atom. The van der Waals surface area contributed by atoms with Crippen LogP contribution in [0.1, 0.15) is 38.5 Å². The summed E-state index contributed by atoms with van der Waals surface area (Å²) in [7, 11) is -2.23. The fraction of sp³-hybridized carbons (Fsp3) is 0.800. The van der Waals surface area contributed by atoms with E-state index < -0.39 is 8.60 Å². The van der Waals surface area contributed by atoms with Crippen LogP contribution >= 0.6 is 8.60 Å². The van der Waals surface area contributed by atoms with E-state index in [0.717, 1.165) is 32.0 Å². The van der Waals surface area contributed by atoms with E-state index in [1.807, 2.05) is 0 Å². The molecule has 0 atom stereocenters. The predicted octanol–water partition coefficient (Wildman–Crippen LogP) is 0.870. The number of carbonyl (C=O) groups excluding carboxylic acids is 2. The highest BCUT2D eigenvalue weighted by atomic mass is 31.2. The van der Waals surface area contributed by atoms with Crippen molar-refractivity contribution in [3.8, 4) is 0 Å². The number of hydrogen-bond donors (Lipinski definition) is 3. The van der Waals surface area contributed by atoms with Crippen molar-refractivity contribution in [1.29, 1.82) is 0 Å². The van der Waals surface area contributed by atoms with E-state index in [9.17, 15) is 9.59 Å². The SMILES string of the molecule is O=CCCC(=O)NCCCCCCOP(O)O. The molecule has 0 heterocycles. The van der Waals surface area contributed by atoms with Gasteiger partial charge in [0.2, 0.25) is 5.91 Å². The monoisotopic (exact) mass is 265 g/mol. The number of aldehydes is 1. The Balaban J connectivity index is 3.12. The minimum Gasteiger partial charge on any atom is -0.356 e. The molecule has 0 aliphatic heterocycles. The van der Waals surface area contributed by atoms with Crippen LogP contribution in [0.2, 0.25) is 0 Å². The van der Waals surface area contributed by atoms with Gasteiger partial charge in [0.15, 0.2) is 0 Å². The van der Waals surface area contributed by atoms with Crippen molar-refractivity contribution < 1.29 is 23.9 Å². The minimum atomic E-state index is -2.23. The van der Waals surface area contributed by atoms with Crippen LogP contribution in [0.3, 0.4) is 0 Å². The molecule has 100 valence electrons. The third kappa shape index (κ3) is 13.4. The van der Waals surface area contributed by atoms with E-state index in [4.69, 9.17) is 9.79 Å². The van der Waals surface area contributed by atoms with Crippen LogP contribution in [-0.4, -0.2) is 35.1 Å². The molecule has 7 heteroatoms. The van der Waals surface area contributed by atoms with Gasteiger partial charge in [-0.1, -0.05) is 12.8 Å². The van der Waals surface area contributed by atoms with Gasteiger partial charge >= 0.3 is 8.60 Å². The molecule has 0 aromatic carbocycles. The van der Waals surface area contributed by atoms with Crippen molar-refractivity contribution in [2.75, 3.05) is 13.2 Å². The Labute approximate surface area is 102 Å². The molecule has 0 aromatic rings. The summed E-state index contributed by atoms with van der Waals surface area (Å²) < 4.78 is 4.60. The molecule has 0 aliphatic rings. The van der Waals surface area contributed by atoms with Gasteiger partial charge in [-0.25, -0.2) is 0 Å². The average molecular weight is 265 g/mol. The van der Waals surface area contributed by atoms with Crippen molar-refractivity contribution in [1.82, 2.24) is 5.32 Å². The molecule has 1 amide bonds. The van der Waals surface area contributed by atoms with Gasteiger partial charge in [-0.05, 0) is 12.8 Å². The molecule has 17 heavy (non-hydrogen) atoms. The van der Waals surface area contributed by atoms with Gasteiger partial charge in [-0.15, -0.1) is 0 Å². The summed E-state index contributed by atoms with van der Waals surface area (Å²) in [6, 6.07) is 0. The zero-order valence-electron chi connectivity index (χ0n) is 9.80. The van der Waals surface area contributed by atoms with Crippen LogP contribution in [0.15, 0.2) is 0 Å². The van der Waals surface area contributed by atoms with E-state index in [1.165, 1.54) is 0 Å². The van der Waals surface area contributed by atoms with Crippen molar-refractivity contribution in [3.05, 3.63) is 0 Å². The summed E-state index contributed by atoms with van der Waals surface area (Å²) in [5, 5.41) is 2.72. The Morgan fingerprint density at radius 2 is 1.94 bits per heavy atom. The number of hydrogen-bond acceptors (Lipinski definition) is 5. The van der Waals surface area contributed by atoms with Crippen LogP contribution in [0.4, 0.5) is 0 Å². The number of carbonyl (C=O) groups is 2. The van der Waals surface area contributed by atoms with Gasteiger partial charge < -0.3 is 24.4 Å². The quantitative estimate of drug-likeness (QED) is 0.293. The van der Waals surface area contributed by atoms with Crippen molar-refractivity contribution in [2.24, 2.45) is 0 Å². The highest BCUT2D eigenvalue weighted by Gasteiger charge is 2.00. The maximum atomic E-state index is 11.1. The van der Waals surface area contributed by atoms with Crippen LogP contribution in [0, 0.1) is 0 Å². The van der Waals surface area contributed by atoms with E-state index in [0.29, 0.717) is 13.2 Å². The van der Waals surface area contributed by atoms with Gasteiger partial charge in [-0.2, -0.15) is 0 Å². The Bertz CT molecular complexity index is 213. The van der Waals surface area contributed by atoms with Gasteiger partial charge in [0.1, 0.15) is 6.29 Å². The van der Waals surface area contributed by atoms with Gasteiger partial charge in [0, 0.05) is 19.4 Å². The Hall–Kier alpha value is -0.550. The first kappa shape index (κ1) is 16.4. The number of unbranched alkanes of at least 4 members (excludes halogenated alkanes) is 3. The number of rotatable bonds is 11. The van der Waals surface area contributed by atoms with Crippen LogP contribution < -0.4 is 5.32 Å². The van der Waals surface area contributed by atoms with Gasteiger partial charge in [-0.3, -0.25) is 4.79 Å². The molecular formula is C10H20NO5P. The minimum absolute atomic E-state index is 0.0911. The molecule has 6 nitrogen and oxygen atoms in total. The molecule has 0 unspecified atom stereocenters. The summed E-state index contributed by atoms with van der Waals surface area (Å²) in [4.78, 5) is 38.0. The molecular weight excluding hydrogens is 245 g/mol. The van der Waals surface area contributed by atoms with Crippen LogP contribution in [0.25, 0.3) is 0 Å². The first-order valence-corrected chi connectivity index (χ1v) is 6.84. The molecule has 0 aliphatic carbocycles. The van der Waals surface area contributed by atoms with Crippen molar-refractivity contribution in [2.45, 2.75) is 38.5 Å². The lowest BCUT2D eigenvalue weighted by Gasteiger charge is -2.05. The molecule has 0 radical (unpaired) electrons. The van der Waals surface area contributed by atoms with Gasteiger partial charge in [0.05, 0.1) is 6.61 Å². The third-order valence-electron chi connectivity index (χ3n) is 2.09. The topological polar surface area (TPSA) is 95.9 Å². The van der Waals surface area contributed by atoms with Crippen molar-refractivity contribution in [3.63, 3.8) is 0 Å². The zero-order chi connectivity index (χ0) is 12.9. The van der Waals surface area contributed by atoms with E-state index in [2.05, 4.69) is 9.84 Å². The normalized spacial score (nSPS) is 10.5. The van der Waals surface area contributed by atoms with Crippen molar-refractivity contribution >= 4 is 20.8 Å². The van der Waals surface area contributed by atoms with E-state index in [-0.39, 0.29) is 18.7 Å². The second-order valence-corrected chi connectivity index (χ2v) is 4.32. The standard InChI is InChI=1S/C10H20NO5P/c12-8-5-6-10(13)11-7-3-1-2-4-9-16-17(14)15/h8,14-15H,1-7,9H2,(H,11,13). The maximum absolute atomic E-state index is 11.1. The van der Waals surface area contributed by atoms with Gasteiger partial charge in [0.25, 0.3) is 0 Å². The molecule has 0 saturated carbocycles. The summed E-state index contributed by atoms with van der Waals surface area (Å²) in [6.07, 6.45) is 4.79. The Kier molecular flexibility index (Phi) is 11.5. The Morgan fingerprint density at radius 3 is 2.59 bits per heavy atom. The fourth-order valence-electron chi connectivity index (χ4n) is 1.23. The molecule has 0 fully saturated rings. The zero-order valence-corrected chi connectivity index (χ0v) is 10.7. The molecule has 0 spiro atoms. The largest absolute Gasteiger partial charge is 0.356 e. The lowest BCUT2D eigenvalue weighted by Crippen LogP contribution is -2.24. The third-order valence-corrected chi connectivity index (χ3v) is 2.50. The fourth-order valence-corrected chi connectivity index (χ4v) is 1.53. The molecule has 0 bridgehead atoms. The molecule has 0 aromatic heterocycles. The average Bonchev–Trinajstić information content (AvgIpc) is 2.29. The van der Waals surface area contributed by atoms with Crippen LogP contribution in [-0.2, 0) is 14.1 Å².